The number of nitrogens with one attached hydrogen (secondary N) is 2. The topological polar surface area (TPSA) is 70.7 Å². The SMILES string of the molecule is CN(C(=O)c1ccc(NC(=O)CNCC2CCCO2)cc1)c1ccccc1. The largest absolute Gasteiger partial charge is 0.377 e. The van der Waals surface area contributed by atoms with Crippen molar-refractivity contribution in [1.29, 1.82) is 0 Å². The van der Waals surface area contributed by atoms with Crippen molar-refractivity contribution in [3.8, 4) is 0 Å². The molecule has 3 rings (SSSR count). The summed E-state index contributed by atoms with van der Waals surface area (Å²) in [4.78, 5) is 26.2. The van der Waals surface area contributed by atoms with Gasteiger partial charge in [-0.15, -0.1) is 0 Å². The van der Waals surface area contributed by atoms with Crippen LogP contribution >= 0.6 is 0 Å². The molecule has 2 aromatic carbocycles. The molecular weight excluding hydrogens is 342 g/mol. The van der Waals surface area contributed by atoms with Gasteiger partial charge in [0.25, 0.3) is 5.91 Å². The van der Waals surface area contributed by atoms with Crippen LogP contribution in [0.4, 0.5) is 11.4 Å². The van der Waals surface area contributed by atoms with E-state index in [-0.39, 0.29) is 24.5 Å². The van der Waals surface area contributed by atoms with Crippen molar-refractivity contribution in [2.45, 2.75) is 18.9 Å². The van der Waals surface area contributed by atoms with Gasteiger partial charge >= 0.3 is 0 Å². The van der Waals surface area contributed by atoms with Gasteiger partial charge in [-0.3, -0.25) is 9.59 Å². The van der Waals surface area contributed by atoms with E-state index in [4.69, 9.17) is 4.74 Å². The average Bonchev–Trinajstić information content (AvgIpc) is 3.21. The van der Waals surface area contributed by atoms with Crippen LogP contribution in [0, 0.1) is 0 Å². The number of carbonyl (C=O) groups excluding carboxylic acids is 2. The van der Waals surface area contributed by atoms with Gasteiger partial charge < -0.3 is 20.3 Å². The van der Waals surface area contributed by atoms with Crippen LogP contribution < -0.4 is 15.5 Å². The molecule has 27 heavy (non-hydrogen) atoms. The maximum atomic E-state index is 12.6. The number of hydrogen-bond donors (Lipinski definition) is 2. The van der Waals surface area contributed by atoms with Gasteiger partial charge in [0.05, 0.1) is 12.6 Å². The molecule has 1 atom stereocenters. The number of benzene rings is 2. The van der Waals surface area contributed by atoms with E-state index in [2.05, 4.69) is 10.6 Å². The molecule has 0 saturated carbocycles. The van der Waals surface area contributed by atoms with Crippen LogP contribution in [0.15, 0.2) is 54.6 Å². The Morgan fingerprint density at radius 1 is 1.11 bits per heavy atom. The molecule has 1 heterocycles. The molecule has 2 N–H and O–H groups in total. The summed E-state index contributed by atoms with van der Waals surface area (Å²) < 4.78 is 5.51. The van der Waals surface area contributed by atoms with Gasteiger partial charge in [0.15, 0.2) is 0 Å². The highest BCUT2D eigenvalue weighted by Crippen LogP contribution is 2.16. The van der Waals surface area contributed by atoms with Gasteiger partial charge in [0.2, 0.25) is 5.91 Å². The fourth-order valence-electron chi connectivity index (χ4n) is 3.02. The molecule has 142 valence electrons. The minimum absolute atomic E-state index is 0.0997. The van der Waals surface area contributed by atoms with E-state index >= 15 is 0 Å². The Hall–Kier alpha value is -2.70. The molecule has 0 bridgehead atoms. The Bertz CT molecular complexity index is 756. The minimum Gasteiger partial charge on any atom is -0.377 e. The smallest absolute Gasteiger partial charge is 0.258 e. The molecule has 0 spiro atoms. The van der Waals surface area contributed by atoms with E-state index in [1.165, 1.54) is 0 Å². The molecule has 1 fully saturated rings. The molecule has 6 heteroatoms. The number of para-hydroxylation sites is 1. The summed E-state index contributed by atoms with van der Waals surface area (Å²) in [6, 6.07) is 16.4. The van der Waals surface area contributed by atoms with Crippen molar-refractivity contribution in [2.75, 3.05) is 37.0 Å². The number of ether oxygens (including phenoxy) is 1. The maximum absolute atomic E-state index is 12.6. The normalized spacial score (nSPS) is 16.1. The third-order valence-corrected chi connectivity index (χ3v) is 4.55. The number of amides is 2. The molecule has 0 aliphatic carbocycles. The summed E-state index contributed by atoms with van der Waals surface area (Å²) in [5.74, 6) is -0.217. The first-order valence-electron chi connectivity index (χ1n) is 9.19. The van der Waals surface area contributed by atoms with E-state index in [1.54, 1.807) is 36.2 Å². The lowest BCUT2D eigenvalue weighted by molar-refractivity contribution is -0.115. The lowest BCUT2D eigenvalue weighted by Gasteiger charge is -2.17. The van der Waals surface area contributed by atoms with Crippen molar-refractivity contribution >= 4 is 23.2 Å². The second-order valence-corrected chi connectivity index (χ2v) is 6.59. The molecule has 0 aromatic heterocycles. The zero-order valence-corrected chi connectivity index (χ0v) is 15.5. The Morgan fingerprint density at radius 3 is 2.52 bits per heavy atom. The van der Waals surface area contributed by atoms with Crippen molar-refractivity contribution in [3.63, 3.8) is 0 Å². The molecule has 2 amide bonds. The predicted molar refractivity (Wildman–Crippen MR) is 106 cm³/mol. The zero-order chi connectivity index (χ0) is 19.1. The van der Waals surface area contributed by atoms with Crippen LogP contribution in [0.25, 0.3) is 0 Å². The van der Waals surface area contributed by atoms with Crippen molar-refractivity contribution in [3.05, 3.63) is 60.2 Å². The molecule has 6 nitrogen and oxygen atoms in total. The van der Waals surface area contributed by atoms with Crippen molar-refractivity contribution in [1.82, 2.24) is 5.32 Å². The number of anilines is 2. The summed E-state index contributed by atoms with van der Waals surface area (Å²) >= 11 is 0. The molecule has 2 aromatic rings. The van der Waals surface area contributed by atoms with Crippen LogP contribution in [0.5, 0.6) is 0 Å². The summed E-state index contributed by atoms with van der Waals surface area (Å²) in [5.41, 5.74) is 2.06. The lowest BCUT2D eigenvalue weighted by atomic mass is 10.1. The Balaban J connectivity index is 1.49. The fraction of sp³-hybridized carbons (Fsp3) is 0.333. The van der Waals surface area contributed by atoms with Gasteiger partial charge in [-0.1, -0.05) is 18.2 Å². The third kappa shape index (κ3) is 5.39. The molecule has 1 aliphatic rings. The molecular formula is C21H25N3O3. The number of carbonyl (C=O) groups is 2. The van der Waals surface area contributed by atoms with Crippen LogP contribution in [-0.2, 0) is 9.53 Å². The first-order valence-corrected chi connectivity index (χ1v) is 9.19. The Morgan fingerprint density at radius 2 is 1.85 bits per heavy atom. The molecule has 1 unspecified atom stereocenters. The number of rotatable bonds is 7. The fourth-order valence-corrected chi connectivity index (χ4v) is 3.02. The zero-order valence-electron chi connectivity index (χ0n) is 15.5. The van der Waals surface area contributed by atoms with Crippen LogP contribution in [0.1, 0.15) is 23.2 Å². The van der Waals surface area contributed by atoms with Gasteiger partial charge in [-0.05, 0) is 49.2 Å². The second kappa shape index (κ2) is 9.30. The quantitative estimate of drug-likeness (QED) is 0.789. The van der Waals surface area contributed by atoms with E-state index in [9.17, 15) is 9.59 Å². The molecule has 1 aliphatic heterocycles. The van der Waals surface area contributed by atoms with Crippen molar-refractivity contribution in [2.24, 2.45) is 0 Å². The van der Waals surface area contributed by atoms with Gasteiger partial charge in [-0.2, -0.15) is 0 Å². The van der Waals surface area contributed by atoms with Gasteiger partial charge in [0.1, 0.15) is 0 Å². The molecule has 1 saturated heterocycles. The summed E-state index contributed by atoms with van der Waals surface area (Å²) in [7, 11) is 1.74. The number of nitrogens with zero attached hydrogens (tertiary/aromatic N) is 1. The lowest BCUT2D eigenvalue weighted by Crippen LogP contribution is -2.33. The summed E-state index contributed by atoms with van der Waals surface area (Å²) in [6.45, 7) is 1.73. The summed E-state index contributed by atoms with van der Waals surface area (Å²) in [6.07, 6.45) is 2.34. The molecule has 0 radical (unpaired) electrons. The van der Waals surface area contributed by atoms with E-state index in [0.717, 1.165) is 25.1 Å². The van der Waals surface area contributed by atoms with Crippen LogP contribution in [-0.4, -0.2) is 44.7 Å². The first kappa shape index (κ1) is 19.1. The third-order valence-electron chi connectivity index (χ3n) is 4.55. The average molecular weight is 367 g/mol. The van der Waals surface area contributed by atoms with Gasteiger partial charge in [-0.25, -0.2) is 0 Å². The standard InChI is InChI=1S/C21H25N3O3/c1-24(18-6-3-2-4-7-18)21(26)16-9-11-17(12-10-16)23-20(25)15-22-14-19-8-5-13-27-19/h2-4,6-7,9-12,19,22H,5,8,13-15H2,1H3,(H,23,25). The highest BCUT2D eigenvalue weighted by molar-refractivity contribution is 6.06. The monoisotopic (exact) mass is 367 g/mol. The van der Waals surface area contributed by atoms with Gasteiger partial charge in [0, 0.05) is 37.1 Å². The maximum Gasteiger partial charge on any atom is 0.258 e. The van der Waals surface area contributed by atoms with Crippen molar-refractivity contribution < 1.29 is 14.3 Å². The number of hydrogen-bond acceptors (Lipinski definition) is 4. The first-order chi connectivity index (χ1) is 13.1. The summed E-state index contributed by atoms with van der Waals surface area (Å²) in [5, 5.41) is 5.94. The highest BCUT2D eigenvalue weighted by Gasteiger charge is 2.15. The second-order valence-electron chi connectivity index (χ2n) is 6.59. The van der Waals surface area contributed by atoms with Crippen LogP contribution in [0.3, 0.4) is 0 Å². The van der Waals surface area contributed by atoms with E-state index in [0.29, 0.717) is 17.8 Å². The predicted octanol–water partition coefficient (Wildman–Crippen LogP) is 2.67. The Labute approximate surface area is 159 Å². The highest BCUT2D eigenvalue weighted by atomic mass is 16.5. The van der Waals surface area contributed by atoms with E-state index < -0.39 is 0 Å². The Kier molecular flexibility index (Phi) is 6.57. The van der Waals surface area contributed by atoms with Crippen LogP contribution in [0.2, 0.25) is 0 Å². The minimum atomic E-state index is -0.117. The van der Waals surface area contributed by atoms with E-state index in [1.807, 2.05) is 30.3 Å².